The van der Waals surface area contributed by atoms with Crippen molar-refractivity contribution in [2.75, 3.05) is 10.0 Å². The zero-order valence-electron chi connectivity index (χ0n) is 13.4. The Morgan fingerprint density at radius 1 is 0.960 bits per heavy atom. The van der Waals surface area contributed by atoms with Gasteiger partial charge in [0.1, 0.15) is 5.82 Å². The standard InChI is InChI=1S/C18H16ClN3O2S/c1-13-4-2-7-17(10-13)25(23,24)22-16-8-9-18(20-12-16)21-15-6-3-5-14(19)11-15/h2-12,22H,1H3,(H,20,21). The molecule has 0 bridgehead atoms. The Labute approximate surface area is 151 Å². The first kappa shape index (κ1) is 17.3. The monoisotopic (exact) mass is 373 g/mol. The zero-order valence-corrected chi connectivity index (χ0v) is 15.0. The van der Waals surface area contributed by atoms with Gasteiger partial charge in [-0.3, -0.25) is 4.72 Å². The number of benzene rings is 2. The van der Waals surface area contributed by atoms with E-state index in [4.69, 9.17) is 11.6 Å². The van der Waals surface area contributed by atoms with E-state index in [0.29, 0.717) is 16.5 Å². The Balaban J connectivity index is 1.74. The predicted octanol–water partition coefficient (Wildman–Crippen LogP) is 4.59. The number of hydrogen-bond acceptors (Lipinski definition) is 4. The SMILES string of the molecule is Cc1cccc(S(=O)(=O)Nc2ccc(Nc3cccc(Cl)c3)nc2)c1. The van der Waals surface area contributed by atoms with Gasteiger partial charge in [0, 0.05) is 10.7 Å². The molecule has 0 saturated heterocycles. The highest BCUT2D eigenvalue weighted by molar-refractivity contribution is 7.92. The average molecular weight is 374 g/mol. The van der Waals surface area contributed by atoms with Crippen LogP contribution >= 0.6 is 11.6 Å². The molecule has 0 amide bonds. The summed E-state index contributed by atoms with van der Waals surface area (Å²) >= 11 is 5.94. The summed E-state index contributed by atoms with van der Waals surface area (Å²) in [4.78, 5) is 4.43. The van der Waals surface area contributed by atoms with Crippen molar-refractivity contribution in [2.45, 2.75) is 11.8 Å². The fraction of sp³-hybridized carbons (Fsp3) is 0.0556. The number of rotatable bonds is 5. The Bertz CT molecular complexity index is 989. The second kappa shape index (κ2) is 7.13. The molecule has 0 saturated carbocycles. The molecule has 0 unspecified atom stereocenters. The third-order valence-electron chi connectivity index (χ3n) is 3.41. The van der Waals surface area contributed by atoms with Crippen molar-refractivity contribution in [1.29, 1.82) is 0 Å². The van der Waals surface area contributed by atoms with Crippen LogP contribution in [0, 0.1) is 6.92 Å². The van der Waals surface area contributed by atoms with Crippen LogP contribution in [0.5, 0.6) is 0 Å². The molecule has 3 aromatic rings. The van der Waals surface area contributed by atoms with Gasteiger partial charge in [0.15, 0.2) is 0 Å². The molecule has 0 fully saturated rings. The molecule has 2 N–H and O–H groups in total. The molecule has 2 aromatic carbocycles. The number of anilines is 3. The minimum Gasteiger partial charge on any atom is -0.340 e. The van der Waals surface area contributed by atoms with Crippen molar-refractivity contribution in [3.05, 3.63) is 77.4 Å². The summed E-state index contributed by atoms with van der Waals surface area (Å²) in [5, 5.41) is 3.72. The maximum Gasteiger partial charge on any atom is 0.261 e. The normalized spacial score (nSPS) is 11.1. The lowest BCUT2D eigenvalue weighted by atomic mass is 10.2. The third-order valence-corrected chi connectivity index (χ3v) is 5.03. The summed E-state index contributed by atoms with van der Waals surface area (Å²) in [6.45, 7) is 1.84. The minimum atomic E-state index is -3.64. The second-order valence-electron chi connectivity index (χ2n) is 5.49. The Hall–Kier alpha value is -2.57. The molecular weight excluding hydrogens is 358 g/mol. The minimum absolute atomic E-state index is 0.216. The van der Waals surface area contributed by atoms with Gasteiger partial charge in [-0.1, -0.05) is 29.8 Å². The highest BCUT2D eigenvalue weighted by atomic mass is 35.5. The fourth-order valence-electron chi connectivity index (χ4n) is 2.24. The van der Waals surface area contributed by atoms with Gasteiger partial charge in [0.25, 0.3) is 10.0 Å². The van der Waals surface area contributed by atoms with E-state index < -0.39 is 10.0 Å². The molecule has 128 valence electrons. The quantitative estimate of drug-likeness (QED) is 0.686. The lowest BCUT2D eigenvalue weighted by molar-refractivity contribution is 0.601. The Kier molecular flexibility index (Phi) is 4.92. The first-order chi connectivity index (χ1) is 11.9. The highest BCUT2D eigenvalue weighted by Gasteiger charge is 2.14. The average Bonchev–Trinajstić information content (AvgIpc) is 2.56. The van der Waals surface area contributed by atoms with Crippen LogP contribution in [0.2, 0.25) is 5.02 Å². The molecule has 0 aliphatic heterocycles. The molecule has 25 heavy (non-hydrogen) atoms. The van der Waals surface area contributed by atoms with Crippen molar-refractivity contribution in [1.82, 2.24) is 4.98 Å². The van der Waals surface area contributed by atoms with E-state index in [9.17, 15) is 8.42 Å². The molecule has 5 nitrogen and oxygen atoms in total. The van der Waals surface area contributed by atoms with Crippen LogP contribution in [-0.2, 0) is 10.0 Å². The van der Waals surface area contributed by atoms with Crippen molar-refractivity contribution in [2.24, 2.45) is 0 Å². The van der Waals surface area contributed by atoms with Crippen LogP contribution in [0.15, 0.2) is 71.8 Å². The lowest BCUT2D eigenvalue weighted by Crippen LogP contribution is -2.13. The number of nitrogens with one attached hydrogen (secondary N) is 2. The predicted molar refractivity (Wildman–Crippen MR) is 101 cm³/mol. The van der Waals surface area contributed by atoms with Gasteiger partial charge in [-0.15, -0.1) is 0 Å². The van der Waals surface area contributed by atoms with Crippen LogP contribution in [0.25, 0.3) is 0 Å². The van der Waals surface area contributed by atoms with Crippen molar-refractivity contribution in [3.63, 3.8) is 0 Å². The van der Waals surface area contributed by atoms with Gasteiger partial charge in [-0.05, 0) is 55.0 Å². The molecule has 0 atom stereocenters. The lowest BCUT2D eigenvalue weighted by Gasteiger charge is -2.10. The third kappa shape index (κ3) is 4.49. The number of nitrogens with zero attached hydrogens (tertiary/aromatic N) is 1. The molecule has 1 aromatic heterocycles. The summed E-state index contributed by atoms with van der Waals surface area (Å²) in [7, 11) is -3.64. The zero-order chi connectivity index (χ0) is 17.9. The van der Waals surface area contributed by atoms with Gasteiger partial charge < -0.3 is 5.32 Å². The van der Waals surface area contributed by atoms with Crippen molar-refractivity contribution in [3.8, 4) is 0 Å². The van der Waals surface area contributed by atoms with E-state index in [1.807, 2.05) is 25.1 Å². The van der Waals surface area contributed by atoms with E-state index >= 15 is 0 Å². The number of hydrogen-bond donors (Lipinski definition) is 2. The highest BCUT2D eigenvalue weighted by Crippen LogP contribution is 2.21. The fourth-order valence-corrected chi connectivity index (χ4v) is 3.58. The summed E-state index contributed by atoms with van der Waals surface area (Å²) < 4.78 is 27.3. The molecule has 0 radical (unpaired) electrons. The van der Waals surface area contributed by atoms with Crippen molar-refractivity contribution < 1.29 is 8.42 Å². The van der Waals surface area contributed by atoms with E-state index in [1.54, 1.807) is 42.5 Å². The maximum absolute atomic E-state index is 12.4. The number of aromatic nitrogens is 1. The van der Waals surface area contributed by atoms with Gasteiger partial charge in [0.2, 0.25) is 0 Å². The first-order valence-corrected chi connectivity index (χ1v) is 9.37. The Morgan fingerprint density at radius 3 is 2.44 bits per heavy atom. The van der Waals surface area contributed by atoms with Gasteiger partial charge >= 0.3 is 0 Å². The topological polar surface area (TPSA) is 71.1 Å². The molecule has 0 aliphatic rings. The summed E-state index contributed by atoms with van der Waals surface area (Å²) in [5.41, 5.74) is 2.06. The summed E-state index contributed by atoms with van der Waals surface area (Å²) in [6, 6.07) is 17.3. The van der Waals surface area contributed by atoms with E-state index in [1.165, 1.54) is 6.20 Å². The van der Waals surface area contributed by atoms with E-state index in [0.717, 1.165) is 11.3 Å². The van der Waals surface area contributed by atoms with E-state index in [2.05, 4.69) is 15.0 Å². The molecule has 1 heterocycles. The maximum atomic E-state index is 12.4. The summed E-state index contributed by atoms with van der Waals surface area (Å²) in [5.74, 6) is 0.584. The van der Waals surface area contributed by atoms with Crippen LogP contribution in [-0.4, -0.2) is 13.4 Å². The molecule has 7 heteroatoms. The second-order valence-corrected chi connectivity index (χ2v) is 7.61. The molecular formula is C18H16ClN3O2S. The van der Waals surface area contributed by atoms with Crippen LogP contribution in [0.3, 0.4) is 0 Å². The number of pyridine rings is 1. The summed E-state index contributed by atoms with van der Waals surface area (Å²) in [6.07, 6.45) is 1.46. The number of aryl methyl sites for hydroxylation is 1. The van der Waals surface area contributed by atoms with Crippen molar-refractivity contribution >= 4 is 38.8 Å². The van der Waals surface area contributed by atoms with Crippen LogP contribution in [0.1, 0.15) is 5.56 Å². The number of halogens is 1. The number of sulfonamides is 1. The van der Waals surface area contributed by atoms with Gasteiger partial charge in [0.05, 0.1) is 16.8 Å². The largest absolute Gasteiger partial charge is 0.340 e. The van der Waals surface area contributed by atoms with Crippen LogP contribution in [0.4, 0.5) is 17.2 Å². The van der Waals surface area contributed by atoms with E-state index in [-0.39, 0.29) is 4.90 Å². The smallest absolute Gasteiger partial charge is 0.261 e. The molecule has 0 aliphatic carbocycles. The van der Waals surface area contributed by atoms with Gasteiger partial charge in [-0.2, -0.15) is 0 Å². The Morgan fingerprint density at radius 2 is 1.76 bits per heavy atom. The first-order valence-electron chi connectivity index (χ1n) is 7.50. The van der Waals surface area contributed by atoms with Crippen LogP contribution < -0.4 is 10.0 Å². The van der Waals surface area contributed by atoms with Gasteiger partial charge in [-0.25, -0.2) is 13.4 Å². The molecule has 3 rings (SSSR count). The molecule has 0 spiro atoms.